The van der Waals surface area contributed by atoms with Crippen LogP contribution in [0.5, 0.6) is 0 Å². The Labute approximate surface area is 94.1 Å². The number of furan rings is 1. The van der Waals surface area contributed by atoms with Gasteiger partial charge in [-0.2, -0.15) is 0 Å². The molecule has 0 aliphatic carbocycles. The minimum atomic E-state index is -0.155. The van der Waals surface area contributed by atoms with E-state index in [2.05, 4.69) is 5.32 Å². The van der Waals surface area contributed by atoms with E-state index in [4.69, 9.17) is 4.42 Å². The summed E-state index contributed by atoms with van der Waals surface area (Å²) in [6.07, 6.45) is 1.64. The van der Waals surface area contributed by atoms with Crippen molar-refractivity contribution in [3.05, 3.63) is 59.3 Å². The molecule has 0 saturated carbocycles. The highest BCUT2D eigenvalue weighted by Gasteiger charge is 2.00. The van der Waals surface area contributed by atoms with Crippen molar-refractivity contribution in [1.82, 2.24) is 5.32 Å². The van der Waals surface area contributed by atoms with E-state index in [1.54, 1.807) is 25.3 Å². The minimum absolute atomic E-state index is 0.155. The second kappa shape index (κ2) is 4.94. The molecule has 2 aromatic rings. The maximum Gasteiger partial charge on any atom is 0.126 e. The van der Waals surface area contributed by atoms with Gasteiger partial charge in [0.05, 0.1) is 12.8 Å². The highest BCUT2D eigenvalue weighted by Crippen LogP contribution is 2.09. The van der Waals surface area contributed by atoms with Gasteiger partial charge in [0, 0.05) is 6.54 Å². The highest BCUT2D eigenvalue weighted by atomic mass is 19.1. The van der Waals surface area contributed by atoms with Crippen LogP contribution in [-0.2, 0) is 13.1 Å². The average Bonchev–Trinajstić information content (AvgIpc) is 2.76. The molecule has 0 unspecified atom stereocenters. The Bertz CT molecular complexity index is 451. The van der Waals surface area contributed by atoms with Crippen molar-refractivity contribution < 1.29 is 8.81 Å². The Kier molecular flexibility index (Phi) is 3.37. The Morgan fingerprint density at radius 3 is 2.81 bits per heavy atom. The third-order valence-electron chi connectivity index (χ3n) is 2.44. The van der Waals surface area contributed by atoms with Gasteiger partial charge in [-0.05, 0) is 36.2 Å². The van der Waals surface area contributed by atoms with Gasteiger partial charge in [0.1, 0.15) is 11.6 Å². The number of hydrogen-bond donors (Lipinski definition) is 1. The van der Waals surface area contributed by atoms with Crippen LogP contribution in [0.3, 0.4) is 0 Å². The monoisotopic (exact) mass is 219 g/mol. The lowest BCUT2D eigenvalue weighted by molar-refractivity contribution is 0.482. The normalized spacial score (nSPS) is 10.6. The first-order chi connectivity index (χ1) is 7.75. The fraction of sp³-hybridized carbons (Fsp3) is 0.231. The van der Waals surface area contributed by atoms with Gasteiger partial charge in [-0.1, -0.05) is 12.1 Å². The van der Waals surface area contributed by atoms with E-state index >= 15 is 0 Å². The van der Waals surface area contributed by atoms with Crippen LogP contribution in [0.1, 0.15) is 16.9 Å². The molecular weight excluding hydrogens is 205 g/mol. The van der Waals surface area contributed by atoms with Gasteiger partial charge >= 0.3 is 0 Å². The van der Waals surface area contributed by atoms with E-state index in [-0.39, 0.29) is 5.82 Å². The fourth-order valence-electron chi connectivity index (χ4n) is 1.49. The Hall–Kier alpha value is -1.61. The molecule has 1 aromatic carbocycles. The molecule has 0 radical (unpaired) electrons. The van der Waals surface area contributed by atoms with Crippen molar-refractivity contribution in [2.45, 2.75) is 20.0 Å². The lowest BCUT2D eigenvalue weighted by Crippen LogP contribution is -2.12. The summed E-state index contributed by atoms with van der Waals surface area (Å²) in [5.74, 6) is 0.727. The predicted molar refractivity (Wildman–Crippen MR) is 60.4 cm³/mol. The molecule has 84 valence electrons. The Balaban J connectivity index is 1.87. The lowest BCUT2D eigenvalue weighted by atomic mass is 10.1. The van der Waals surface area contributed by atoms with Crippen molar-refractivity contribution in [3.8, 4) is 0 Å². The third-order valence-corrected chi connectivity index (χ3v) is 2.44. The number of aryl methyl sites for hydroxylation is 1. The molecular formula is C13H14FNO. The van der Waals surface area contributed by atoms with E-state index in [1.807, 2.05) is 18.2 Å². The third kappa shape index (κ3) is 2.70. The maximum absolute atomic E-state index is 13.2. The molecule has 1 N–H and O–H groups in total. The van der Waals surface area contributed by atoms with Crippen LogP contribution >= 0.6 is 0 Å². The Morgan fingerprint density at radius 1 is 1.25 bits per heavy atom. The maximum atomic E-state index is 13.2. The Morgan fingerprint density at radius 2 is 2.12 bits per heavy atom. The topological polar surface area (TPSA) is 25.2 Å². The van der Waals surface area contributed by atoms with Gasteiger partial charge in [0.15, 0.2) is 0 Å². The smallest absolute Gasteiger partial charge is 0.126 e. The first-order valence-corrected chi connectivity index (χ1v) is 5.24. The van der Waals surface area contributed by atoms with Crippen molar-refractivity contribution in [1.29, 1.82) is 0 Å². The number of nitrogens with one attached hydrogen (secondary N) is 1. The molecule has 1 heterocycles. The summed E-state index contributed by atoms with van der Waals surface area (Å²) in [7, 11) is 0. The molecule has 0 atom stereocenters. The molecule has 0 saturated heterocycles. The summed E-state index contributed by atoms with van der Waals surface area (Å²) in [4.78, 5) is 0. The highest BCUT2D eigenvalue weighted by molar-refractivity contribution is 5.23. The summed E-state index contributed by atoms with van der Waals surface area (Å²) < 4.78 is 18.4. The second-order valence-corrected chi connectivity index (χ2v) is 3.77. The molecule has 2 rings (SSSR count). The molecule has 3 heteroatoms. The van der Waals surface area contributed by atoms with Gasteiger partial charge < -0.3 is 9.73 Å². The average molecular weight is 219 g/mol. The number of rotatable bonds is 4. The van der Waals surface area contributed by atoms with Crippen molar-refractivity contribution in [3.63, 3.8) is 0 Å². The first kappa shape index (κ1) is 10.9. The van der Waals surface area contributed by atoms with Crippen LogP contribution < -0.4 is 5.32 Å². The molecule has 0 fully saturated rings. The number of benzene rings is 1. The molecule has 0 aliphatic heterocycles. The van der Waals surface area contributed by atoms with Gasteiger partial charge in [-0.3, -0.25) is 0 Å². The minimum Gasteiger partial charge on any atom is -0.468 e. The zero-order chi connectivity index (χ0) is 11.4. The van der Waals surface area contributed by atoms with Crippen LogP contribution in [0.2, 0.25) is 0 Å². The van der Waals surface area contributed by atoms with Crippen molar-refractivity contribution in [2.75, 3.05) is 0 Å². The molecule has 0 aliphatic rings. The summed E-state index contributed by atoms with van der Waals surface area (Å²) in [5, 5.41) is 3.19. The largest absolute Gasteiger partial charge is 0.468 e. The fourth-order valence-corrected chi connectivity index (χ4v) is 1.49. The van der Waals surface area contributed by atoms with Crippen LogP contribution in [0, 0.1) is 12.7 Å². The quantitative estimate of drug-likeness (QED) is 0.855. The summed E-state index contributed by atoms with van der Waals surface area (Å²) in [6, 6.07) is 9.03. The number of halogens is 1. The van der Waals surface area contributed by atoms with Crippen LogP contribution in [0.4, 0.5) is 4.39 Å². The van der Waals surface area contributed by atoms with E-state index < -0.39 is 0 Å². The first-order valence-electron chi connectivity index (χ1n) is 5.24. The van der Waals surface area contributed by atoms with Crippen LogP contribution in [-0.4, -0.2) is 0 Å². The van der Waals surface area contributed by atoms with Crippen molar-refractivity contribution >= 4 is 0 Å². The molecule has 1 aromatic heterocycles. The van der Waals surface area contributed by atoms with E-state index in [0.29, 0.717) is 18.7 Å². The SMILES string of the molecule is Cc1ccc(CNCc2ccco2)cc1F. The predicted octanol–water partition coefficient (Wildman–Crippen LogP) is 3.02. The summed E-state index contributed by atoms with van der Waals surface area (Å²) in [6.45, 7) is 3.05. The van der Waals surface area contributed by atoms with E-state index in [1.165, 1.54) is 0 Å². The summed E-state index contributed by atoms with van der Waals surface area (Å²) >= 11 is 0. The standard InChI is InChI=1S/C13H14FNO/c1-10-4-5-11(7-13(10)14)8-15-9-12-3-2-6-16-12/h2-7,15H,8-9H2,1H3. The zero-order valence-corrected chi connectivity index (χ0v) is 9.16. The lowest BCUT2D eigenvalue weighted by Gasteiger charge is -2.04. The second-order valence-electron chi connectivity index (χ2n) is 3.77. The summed E-state index contributed by atoms with van der Waals surface area (Å²) in [5.41, 5.74) is 1.62. The van der Waals surface area contributed by atoms with E-state index in [9.17, 15) is 4.39 Å². The van der Waals surface area contributed by atoms with Crippen LogP contribution in [0.15, 0.2) is 41.0 Å². The zero-order valence-electron chi connectivity index (χ0n) is 9.16. The van der Waals surface area contributed by atoms with Crippen LogP contribution in [0.25, 0.3) is 0 Å². The molecule has 0 bridgehead atoms. The van der Waals surface area contributed by atoms with Gasteiger partial charge in [-0.25, -0.2) is 4.39 Å². The molecule has 2 nitrogen and oxygen atoms in total. The molecule has 0 amide bonds. The van der Waals surface area contributed by atoms with E-state index in [0.717, 1.165) is 11.3 Å². The van der Waals surface area contributed by atoms with Crippen molar-refractivity contribution in [2.24, 2.45) is 0 Å². The van der Waals surface area contributed by atoms with Gasteiger partial charge in [0.2, 0.25) is 0 Å². The molecule has 0 spiro atoms. The molecule has 16 heavy (non-hydrogen) atoms. The van der Waals surface area contributed by atoms with Gasteiger partial charge in [0.25, 0.3) is 0 Å². The van der Waals surface area contributed by atoms with Gasteiger partial charge in [-0.15, -0.1) is 0 Å². The number of hydrogen-bond acceptors (Lipinski definition) is 2.